The quantitative estimate of drug-likeness (QED) is 0.205. The molecule has 0 unspecified atom stereocenters. The van der Waals surface area contributed by atoms with Gasteiger partial charge in [-0.1, -0.05) is 28.1 Å². The van der Waals surface area contributed by atoms with Gasteiger partial charge >= 0.3 is 6.03 Å². The van der Waals surface area contributed by atoms with Crippen LogP contribution in [-0.2, 0) is 16.2 Å². The zero-order valence-electron chi connectivity index (χ0n) is 22.7. The molecule has 3 aromatic rings. The Bertz CT molecular complexity index is 1490. The lowest BCUT2D eigenvalue weighted by Gasteiger charge is -2.28. The van der Waals surface area contributed by atoms with E-state index in [1.165, 1.54) is 24.3 Å². The molecule has 3 aromatic carbocycles. The number of halogens is 2. The number of amides is 4. The zero-order chi connectivity index (χ0) is 29.5. The SMILES string of the molecule is CCOc1ccc(OCC)c(N2C(=O)NC(=O)/C(=C\c3cc(OCC)c(OCc4ccc(F)cc4)cc3Br)C2=O)c1. The third-order valence-corrected chi connectivity index (χ3v) is 6.54. The smallest absolute Gasteiger partial charge is 0.336 e. The number of hydrogen-bond donors (Lipinski definition) is 1. The summed E-state index contributed by atoms with van der Waals surface area (Å²) < 4.78 is 36.6. The lowest BCUT2D eigenvalue weighted by Crippen LogP contribution is -2.54. The minimum Gasteiger partial charge on any atom is -0.494 e. The monoisotopic (exact) mass is 626 g/mol. The fourth-order valence-electron chi connectivity index (χ4n) is 4.02. The third kappa shape index (κ3) is 6.86. The maximum atomic E-state index is 13.6. The van der Waals surface area contributed by atoms with Crippen LogP contribution in [0.4, 0.5) is 14.9 Å². The van der Waals surface area contributed by atoms with Crippen molar-refractivity contribution in [1.82, 2.24) is 5.32 Å². The van der Waals surface area contributed by atoms with Crippen molar-refractivity contribution in [3.05, 3.63) is 81.6 Å². The van der Waals surface area contributed by atoms with Crippen LogP contribution in [0.2, 0.25) is 0 Å². The van der Waals surface area contributed by atoms with Gasteiger partial charge in [0.25, 0.3) is 11.8 Å². The van der Waals surface area contributed by atoms with Crippen molar-refractivity contribution in [1.29, 1.82) is 0 Å². The van der Waals surface area contributed by atoms with E-state index >= 15 is 0 Å². The number of ether oxygens (including phenoxy) is 4. The van der Waals surface area contributed by atoms with Crippen molar-refractivity contribution in [2.75, 3.05) is 24.7 Å². The van der Waals surface area contributed by atoms with Crippen LogP contribution in [-0.4, -0.2) is 37.7 Å². The van der Waals surface area contributed by atoms with Gasteiger partial charge < -0.3 is 18.9 Å². The first-order chi connectivity index (χ1) is 19.7. The van der Waals surface area contributed by atoms with Gasteiger partial charge in [0, 0.05) is 10.5 Å². The number of imide groups is 2. The van der Waals surface area contributed by atoms with Crippen molar-refractivity contribution in [3.63, 3.8) is 0 Å². The molecule has 0 aliphatic carbocycles. The van der Waals surface area contributed by atoms with Crippen molar-refractivity contribution in [2.45, 2.75) is 27.4 Å². The number of rotatable bonds is 11. The van der Waals surface area contributed by atoms with Gasteiger partial charge in [-0.05, 0) is 74.4 Å². The number of carbonyl (C=O) groups is 3. The van der Waals surface area contributed by atoms with Crippen molar-refractivity contribution in [2.24, 2.45) is 0 Å². The van der Waals surface area contributed by atoms with Crippen molar-refractivity contribution < 1.29 is 37.7 Å². The molecule has 0 spiro atoms. The highest BCUT2D eigenvalue weighted by molar-refractivity contribution is 9.10. The summed E-state index contributed by atoms with van der Waals surface area (Å²) in [5.41, 5.74) is 1.04. The predicted molar refractivity (Wildman–Crippen MR) is 154 cm³/mol. The Hall–Kier alpha value is -4.38. The van der Waals surface area contributed by atoms with E-state index in [9.17, 15) is 18.8 Å². The topological polar surface area (TPSA) is 103 Å². The van der Waals surface area contributed by atoms with E-state index in [4.69, 9.17) is 18.9 Å². The van der Waals surface area contributed by atoms with Crippen molar-refractivity contribution >= 4 is 45.5 Å². The summed E-state index contributed by atoms with van der Waals surface area (Å²) in [7, 11) is 0. The molecule has 1 heterocycles. The molecule has 4 amide bonds. The highest BCUT2D eigenvalue weighted by Crippen LogP contribution is 2.38. The summed E-state index contributed by atoms with van der Waals surface area (Å²) in [6.07, 6.45) is 1.36. The second kappa shape index (κ2) is 13.3. The normalized spacial score (nSPS) is 14.2. The molecular weight excluding hydrogens is 599 g/mol. The number of benzene rings is 3. The van der Waals surface area contributed by atoms with Crippen LogP contribution in [0.25, 0.3) is 6.08 Å². The Balaban J connectivity index is 1.69. The van der Waals surface area contributed by atoms with Gasteiger partial charge in [0.15, 0.2) is 11.5 Å². The maximum Gasteiger partial charge on any atom is 0.336 e. The largest absolute Gasteiger partial charge is 0.494 e. The molecule has 1 saturated heterocycles. The molecule has 0 radical (unpaired) electrons. The van der Waals surface area contributed by atoms with Gasteiger partial charge in [-0.3, -0.25) is 14.9 Å². The van der Waals surface area contributed by atoms with E-state index in [2.05, 4.69) is 21.2 Å². The Morgan fingerprint density at radius 1 is 0.829 bits per heavy atom. The fourth-order valence-corrected chi connectivity index (χ4v) is 4.46. The summed E-state index contributed by atoms with van der Waals surface area (Å²) >= 11 is 3.48. The summed E-state index contributed by atoms with van der Waals surface area (Å²) in [6.45, 7) is 6.52. The number of hydrogen-bond acceptors (Lipinski definition) is 7. The number of nitrogens with zero attached hydrogens (tertiary/aromatic N) is 1. The Kier molecular flexibility index (Phi) is 9.61. The first-order valence-electron chi connectivity index (χ1n) is 12.9. The molecule has 4 rings (SSSR count). The average molecular weight is 627 g/mol. The molecule has 9 nitrogen and oxygen atoms in total. The highest BCUT2D eigenvalue weighted by atomic mass is 79.9. The second-order valence-electron chi connectivity index (χ2n) is 8.62. The van der Waals surface area contributed by atoms with E-state index in [1.54, 1.807) is 50.2 Å². The Morgan fingerprint density at radius 3 is 2.17 bits per heavy atom. The molecule has 1 N–H and O–H groups in total. The molecule has 41 heavy (non-hydrogen) atoms. The molecule has 1 aliphatic rings. The summed E-state index contributed by atoms with van der Waals surface area (Å²) in [6, 6.07) is 13.0. The average Bonchev–Trinajstić information content (AvgIpc) is 2.94. The molecule has 1 fully saturated rings. The molecule has 214 valence electrons. The van der Waals surface area contributed by atoms with E-state index in [-0.39, 0.29) is 36.0 Å². The van der Waals surface area contributed by atoms with Crippen LogP contribution < -0.4 is 29.2 Å². The Morgan fingerprint density at radius 2 is 1.49 bits per heavy atom. The minimum absolute atomic E-state index is 0.136. The van der Waals surface area contributed by atoms with Crippen LogP contribution >= 0.6 is 15.9 Å². The van der Waals surface area contributed by atoms with Gasteiger partial charge in [-0.2, -0.15) is 0 Å². The van der Waals surface area contributed by atoms with Gasteiger partial charge in [0.05, 0.1) is 25.5 Å². The first-order valence-corrected chi connectivity index (χ1v) is 13.7. The second-order valence-corrected chi connectivity index (χ2v) is 9.48. The van der Waals surface area contributed by atoms with Crippen LogP contribution in [0.3, 0.4) is 0 Å². The molecule has 0 atom stereocenters. The van der Waals surface area contributed by atoms with Gasteiger partial charge in [0.2, 0.25) is 0 Å². The maximum absolute atomic E-state index is 13.6. The van der Waals surface area contributed by atoms with Gasteiger partial charge in [0.1, 0.15) is 29.5 Å². The number of carbonyl (C=O) groups excluding carboxylic acids is 3. The number of anilines is 1. The number of barbiturate groups is 1. The highest BCUT2D eigenvalue weighted by Gasteiger charge is 2.38. The lowest BCUT2D eigenvalue weighted by atomic mass is 10.1. The van der Waals surface area contributed by atoms with E-state index < -0.39 is 17.8 Å². The molecule has 0 saturated carbocycles. The van der Waals surface area contributed by atoms with Crippen LogP contribution in [0, 0.1) is 5.82 Å². The first kappa shape index (κ1) is 29.6. The summed E-state index contributed by atoms with van der Waals surface area (Å²) in [5.74, 6) is -0.571. The summed E-state index contributed by atoms with van der Waals surface area (Å²) in [5, 5.41) is 2.23. The zero-order valence-corrected chi connectivity index (χ0v) is 24.2. The van der Waals surface area contributed by atoms with E-state index in [1.807, 2.05) is 6.92 Å². The molecule has 1 aliphatic heterocycles. The minimum atomic E-state index is -0.912. The molecule has 0 aromatic heterocycles. The van der Waals surface area contributed by atoms with E-state index in [0.29, 0.717) is 40.5 Å². The molecule has 11 heteroatoms. The van der Waals surface area contributed by atoms with Crippen molar-refractivity contribution in [3.8, 4) is 23.0 Å². The third-order valence-electron chi connectivity index (χ3n) is 5.85. The van der Waals surface area contributed by atoms with E-state index in [0.717, 1.165) is 10.5 Å². The predicted octanol–water partition coefficient (Wildman–Crippen LogP) is 6.03. The molecule has 0 bridgehead atoms. The number of nitrogens with one attached hydrogen (secondary N) is 1. The standard InChI is InChI=1S/C30H28BrFN2O7/c1-4-38-21-11-12-25(39-5-2)24(15-21)34-29(36)22(28(35)33-30(34)37)13-19-14-26(40-6-3)27(16-23(19)31)41-17-18-7-9-20(32)10-8-18/h7-16H,4-6,17H2,1-3H3,(H,33,35,37)/b22-13+. The summed E-state index contributed by atoms with van der Waals surface area (Å²) in [4.78, 5) is 40.2. The lowest BCUT2D eigenvalue weighted by molar-refractivity contribution is -0.122. The van der Waals surface area contributed by atoms with Gasteiger partial charge in [-0.25, -0.2) is 14.1 Å². The number of urea groups is 1. The fraction of sp³-hybridized carbons (Fsp3) is 0.233. The van der Waals surface area contributed by atoms with Crippen LogP contribution in [0.1, 0.15) is 31.9 Å². The molecular formula is C30H28BrFN2O7. The van der Waals surface area contributed by atoms with Crippen LogP contribution in [0.15, 0.2) is 64.6 Å². The van der Waals surface area contributed by atoms with Crippen LogP contribution in [0.5, 0.6) is 23.0 Å². The Labute approximate surface area is 245 Å². The van der Waals surface area contributed by atoms with Gasteiger partial charge in [-0.15, -0.1) is 0 Å².